The third-order valence-corrected chi connectivity index (χ3v) is 6.94. The van der Waals surface area contributed by atoms with E-state index in [9.17, 15) is 18.1 Å². The van der Waals surface area contributed by atoms with Crippen LogP contribution in [-0.2, 0) is 11.2 Å². The van der Waals surface area contributed by atoms with Crippen LogP contribution in [0.4, 0.5) is 14.5 Å². The second kappa shape index (κ2) is 9.06. The summed E-state index contributed by atoms with van der Waals surface area (Å²) < 4.78 is 44.5. The van der Waals surface area contributed by atoms with Crippen LogP contribution in [0.1, 0.15) is 29.7 Å². The van der Waals surface area contributed by atoms with Crippen molar-refractivity contribution in [2.24, 2.45) is 0 Å². The molecule has 2 atom stereocenters. The maximum atomic E-state index is 13.1. The fraction of sp³-hybridized carbons (Fsp3) is 0.217. The van der Waals surface area contributed by atoms with Gasteiger partial charge in [-0.3, -0.25) is 19.3 Å². The van der Waals surface area contributed by atoms with Gasteiger partial charge in [0.15, 0.2) is 0 Å². The molecule has 1 amide bonds. The number of hydrogen-bond acceptors (Lipinski definition) is 6. The normalized spacial score (nSPS) is 17.7. The van der Waals surface area contributed by atoms with Crippen molar-refractivity contribution in [3.63, 3.8) is 0 Å². The Balaban J connectivity index is 1.54. The number of alkyl halides is 3. The molecule has 0 fully saturated rings. The monoisotopic (exact) mass is 517 g/mol. The molecule has 0 spiro atoms. The SMILES string of the molecule is C[C@@H]1CC[S+]([O-])c2nc3cc(C(=O)Nc4ccc(OC(F)(F)Cl)cc4)cc(-c4cnccn4)c3n21. The zero-order chi connectivity index (χ0) is 24.7. The first-order valence-corrected chi connectivity index (χ1v) is 12.3. The minimum atomic E-state index is -3.83. The Bertz CT molecular complexity index is 1400. The Labute approximate surface area is 206 Å². The van der Waals surface area contributed by atoms with Crippen LogP contribution in [0.3, 0.4) is 0 Å². The van der Waals surface area contributed by atoms with Crippen LogP contribution in [0.15, 0.2) is 60.1 Å². The van der Waals surface area contributed by atoms with Crippen LogP contribution in [0.25, 0.3) is 22.3 Å². The smallest absolute Gasteiger partial charge is 0.487 e. The molecule has 0 aliphatic carbocycles. The molecule has 0 radical (unpaired) electrons. The molecule has 1 aliphatic rings. The molecular formula is C23H18ClF2N5O3S. The second-order valence-corrected chi connectivity index (χ2v) is 9.86. The van der Waals surface area contributed by atoms with E-state index < -0.39 is 22.7 Å². The Kier molecular flexibility index (Phi) is 6.07. The number of benzene rings is 2. The number of imidazole rings is 1. The molecule has 1 unspecified atom stereocenters. The lowest BCUT2D eigenvalue weighted by molar-refractivity contribution is -0.0964. The molecule has 35 heavy (non-hydrogen) atoms. The van der Waals surface area contributed by atoms with Gasteiger partial charge >= 0.3 is 10.7 Å². The van der Waals surface area contributed by atoms with Gasteiger partial charge < -0.3 is 14.6 Å². The number of nitrogens with zero attached hydrogens (tertiary/aromatic N) is 4. The molecule has 1 aliphatic heterocycles. The Morgan fingerprint density at radius 3 is 2.74 bits per heavy atom. The predicted molar refractivity (Wildman–Crippen MR) is 127 cm³/mol. The maximum absolute atomic E-state index is 13.1. The molecule has 2 aromatic heterocycles. The number of hydrogen-bond donors (Lipinski definition) is 1. The summed E-state index contributed by atoms with van der Waals surface area (Å²) in [6.07, 6.45) is 5.43. The summed E-state index contributed by atoms with van der Waals surface area (Å²) in [6, 6.07) is 8.75. The largest absolute Gasteiger partial charge is 0.609 e. The first-order valence-electron chi connectivity index (χ1n) is 10.6. The standard InChI is InChI=1S/C23H18ClF2N5O3S/c1-13-6-9-35(33)22-30-18-11-14(10-17(20(18)31(13)22)19-12-27-7-8-28-19)21(32)29-15-2-4-16(5-3-15)34-23(24,25)26/h2-5,7-8,10-13H,6,9H2,1H3,(H,29,32)/t13-,35?/m1/s1. The van der Waals surface area contributed by atoms with E-state index in [0.717, 1.165) is 11.9 Å². The van der Waals surface area contributed by atoms with Crippen LogP contribution in [-0.4, -0.2) is 41.3 Å². The van der Waals surface area contributed by atoms with Crippen molar-refractivity contribution >= 4 is 45.4 Å². The highest BCUT2D eigenvalue weighted by atomic mass is 35.5. The lowest BCUT2D eigenvalue weighted by Gasteiger charge is -2.24. The average Bonchev–Trinajstić information content (AvgIpc) is 3.23. The molecule has 0 bridgehead atoms. The number of rotatable bonds is 5. The van der Waals surface area contributed by atoms with Gasteiger partial charge in [0.1, 0.15) is 11.5 Å². The third kappa shape index (κ3) is 4.79. The molecular weight excluding hydrogens is 500 g/mol. The van der Waals surface area contributed by atoms with Crippen molar-refractivity contribution in [3.8, 4) is 17.0 Å². The van der Waals surface area contributed by atoms with E-state index >= 15 is 0 Å². The summed E-state index contributed by atoms with van der Waals surface area (Å²) in [5.74, 6) is -0.0817. The van der Waals surface area contributed by atoms with Gasteiger partial charge in [-0.2, -0.15) is 4.98 Å². The van der Waals surface area contributed by atoms with E-state index in [0.29, 0.717) is 38.9 Å². The Hall–Kier alpha value is -3.28. The van der Waals surface area contributed by atoms with Crippen molar-refractivity contribution in [1.82, 2.24) is 19.5 Å². The van der Waals surface area contributed by atoms with Gasteiger partial charge in [0.2, 0.25) is 0 Å². The number of halogens is 3. The molecule has 4 aromatic rings. The molecule has 8 nitrogen and oxygen atoms in total. The Morgan fingerprint density at radius 2 is 2.06 bits per heavy atom. The van der Waals surface area contributed by atoms with Gasteiger partial charge in [-0.15, -0.1) is 8.78 Å². The van der Waals surface area contributed by atoms with Gasteiger partial charge in [0.05, 0.1) is 22.9 Å². The van der Waals surface area contributed by atoms with E-state index in [1.165, 1.54) is 24.3 Å². The van der Waals surface area contributed by atoms with Crippen LogP contribution >= 0.6 is 11.6 Å². The molecule has 2 aromatic carbocycles. The van der Waals surface area contributed by atoms with Gasteiger partial charge in [-0.05, 0) is 43.3 Å². The quantitative estimate of drug-likeness (QED) is 0.295. The molecule has 5 rings (SSSR count). The fourth-order valence-electron chi connectivity index (χ4n) is 3.99. The zero-order valence-electron chi connectivity index (χ0n) is 18.2. The van der Waals surface area contributed by atoms with Gasteiger partial charge in [-0.1, -0.05) is 0 Å². The highest BCUT2D eigenvalue weighted by Gasteiger charge is 2.33. The second-order valence-electron chi connectivity index (χ2n) is 7.96. The van der Waals surface area contributed by atoms with E-state index in [2.05, 4.69) is 25.0 Å². The fourth-order valence-corrected chi connectivity index (χ4v) is 5.50. The summed E-state index contributed by atoms with van der Waals surface area (Å²) >= 11 is 3.53. The summed E-state index contributed by atoms with van der Waals surface area (Å²) in [6.45, 7) is 2.04. The summed E-state index contributed by atoms with van der Waals surface area (Å²) in [7, 11) is 0. The van der Waals surface area contributed by atoms with Gasteiger partial charge in [0.25, 0.3) is 5.91 Å². The van der Waals surface area contributed by atoms with E-state index in [4.69, 9.17) is 11.6 Å². The highest BCUT2D eigenvalue weighted by molar-refractivity contribution is 7.91. The minimum absolute atomic E-state index is 0.0731. The number of carbonyl (C=O) groups is 1. The lowest BCUT2D eigenvalue weighted by atomic mass is 10.0. The van der Waals surface area contributed by atoms with Crippen LogP contribution in [0.5, 0.6) is 5.75 Å². The van der Waals surface area contributed by atoms with E-state index in [-0.39, 0.29) is 11.8 Å². The number of nitrogens with one attached hydrogen (secondary N) is 1. The topological polar surface area (TPSA) is 105 Å². The van der Waals surface area contributed by atoms with Crippen LogP contribution in [0, 0.1) is 0 Å². The zero-order valence-corrected chi connectivity index (χ0v) is 19.8. The number of ether oxygens (including phenoxy) is 1. The molecule has 12 heteroatoms. The van der Waals surface area contributed by atoms with Crippen LogP contribution in [0.2, 0.25) is 0 Å². The number of fused-ring (bicyclic) bond motifs is 3. The average molecular weight is 518 g/mol. The van der Waals surface area contributed by atoms with Crippen molar-refractivity contribution < 1.29 is 22.9 Å². The first-order chi connectivity index (χ1) is 16.7. The molecule has 1 N–H and O–H groups in total. The predicted octanol–water partition coefficient (Wildman–Crippen LogP) is 4.99. The molecule has 3 heterocycles. The molecule has 180 valence electrons. The van der Waals surface area contributed by atoms with E-state index in [1.54, 1.807) is 30.7 Å². The van der Waals surface area contributed by atoms with Crippen molar-refractivity contribution in [3.05, 3.63) is 60.6 Å². The number of amides is 1. The van der Waals surface area contributed by atoms with Crippen molar-refractivity contribution in [1.29, 1.82) is 0 Å². The van der Waals surface area contributed by atoms with E-state index in [1.807, 2.05) is 11.5 Å². The molecule has 0 saturated heterocycles. The van der Waals surface area contributed by atoms with Gasteiger partial charge in [-0.25, -0.2) is 0 Å². The van der Waals surface area contributed by atoms with Crippen molar-refractivity contribution in [2.45, 2.75) is 30.1 Å². The highest BCUT2D eigenvalue weighted by Crippen LogP contribution is 2.37. The number of anilines is 1. The maximum Gasteiger partial charge on any atom is 0.487 e. The van der Waals surface area contributed by atoms with Crippen LogP contribution < -0.4 is 10.1 Å². The Morgan fingerprint density at radius 1 is 1.29 bits per heavy atom. The summed E-state index contributed by atoms with van der Waals surface area (Å²) in [5.41, 5.74) is -0.744. The third-order valence-electron chi connectivity index (χ3n) is 5.57. The summed E-state index contributed by atoms with van der Waals surface area (Å²) in [5, 5.41) is 3.19. The number of carbonyl (C=O) groups excluding carboxylic acids is 1. The lowest BCUT2D eigenvalue weighted by Crippen LogP contribution is -2.24. The first kappa shape index (κ1) is 23.5. The summed E-state index contributed by atoms with van der Waals surface area (Å²) in [4.78, 5) is 26.3. The number of aromatic nitrogens is 4. The van der Waals surface area contributed by atoms with Gasteiger partial charge in [0, 0.05) is 64.4 Å². The minimum Gasteiger partial charge on any atom is -0.609 e. The van der Waals surface area contributed by atoms with Crippen molar-refractivity contribution in [2.75, 3.05) is 11.1 Å². The molecule has 0 saturated carbocycles.